The number of aryl methyl sites for hydroxylation is 2. The molecule has 0 fully saturated rings. The van der Waals surface area contributed by atoms with Gasteiger partial charge >= 0.3 is 6.03 Å². The number of fused-ring (bicyclic) bond motifs is 1. The number of carbonyl (C=O) groups is 1. The zero-order valence-electron chi connectivity index (χ0n) is 12.7. The van der Waals surface area contributed by atoms with Gasteiger partial charge in [0.25, 0.3) is 0 Å². The van der Waals surface area contributed by atoms with Crippen LogP contribution in [0.4, 0.5) is 10.5 Å². The van der Waals surface area contributed by atoms with E-state index >= 15 is 0 Å². The summed E-state index contributed by atoms with van der Waals surface area (Å²) >= 11 is 0. The normalized spacial score (nSPS) is 13.8. The Kier molecular flexibility index (Phi) is 3.91. The molecule has 114 valence electrons. The third kappa shape index (κ3) is 3.00. The van der Waals surface area contributed by atoms with Crippen molar-refractivity contribution in [3.05, 3.63) is 47.3 Å². The Bertz CT molecular complexity index is 702. The van der Waals surface area contributed by atoms with Crippen LogP contribution >= 0.6 is 0 Å². The minimum Gasteiger partial charge on any atom is -0.491 e. The van der Waals surface area contributed by atoms with E-state index in [-0.39, 0.29) is 6.03 Å². The quantitative estimate of drug-likeness (QED) is 0.878. The van der Waals surface area contributed by atoms with Crippen LogP contribution in [-0.2, 0) is 6.54 Å². The Hall–Kier alpha value is -2.63. The molecule has 2 heterocycles. The van der Waals surface area contributed by atoms with E-state index in [4.69, 9.17) is 4.74 Å². The van der Waals surface area contributed by atoms with Gasteiger partial charge in [0.15, 0.2) is 0 Å². The fraction of sp³-hybridized carbons (Fsp3) is 0.312. The Labute approximate surface area is 129 Å². The zero-order valence-corrected chi connectivity index (χ0v) is 12.7. The lowest BCUT2D eigenvalue weighted by molar-refractivity contribution is 0.200. The summed E-state index contributed by atoms with van der Waals surface area (Å²) in [7, 11) is 0. The fourth-order valence-corrected chi connectivity index (χ4v) is 2.43. The van der Waals surface area contributed by atoms with Crippen LogP contribution in [0.25, 0.3) is 0 Å². The second kappa shape index (κ2) is 6.01. The first-order chi connectivity index (χ1) is 10.6. The van der Waals surface area contributed by atoms with Crippen LogP contribution in [0.1, 0.15) is 16.8 Å². The number of carbonyl (C=O) groups excluding carboxylic acids is 1. The summed E-state index contributed by atoms with van der Waals surface area (Å²) in [5.74, 6) is 0.850. The highest BCUT2D eigenvalue weighted by Gasteiger charge is 2.20. The summed E-state index contributed by atoms with van der Waals surface area (Å²) < 4.78 is 5.71. The molecule has 2 amide bonds. The maximum Gasteiger partial charge on any atom is 0.322 e. The molecule has 1 aliphatic heterocycles. The molecule has 0 spiro atoms. The Morgan fingerprint density at radius 3 is 3.00 bits per heavy atom. The molecular weight excluding hydrogens is 280 g/mol. The highest BCUT2D eigenvalue weighted by molar-refractivity contribution is 5.89. The van der Waals surface area contributed by atoms with Gasteiger partial charge in [-0.3, -0.25) is 0 Å². The average Bonchev–Trinajstić information content (AvgIpc) is 2.71. The molecule has 0 saturated carbocycles. The highest BCUT2D eigenvalue weighted by Crippen LogP contribution is 2.24. The Morgan fingerprint density at radius 2 is 2.18 bits per heavy atom. The molecule has 1 aliphatic rings. The molecule has 22 heavy (non-hydrogen) atoms. The third-order valence-corrected chi connectivity index (χ3v) is 3.63. The largest absolute Gasteiger partial charge is 0.491 e. The van der Waals surface area contributed by atoms with Crippen molar-refractivity contribution in [3.8, 4) is 5.75 Å². The number of ether oxygens (including phenoxy) is 1. The van der Waals surface area contributed by atoms with Crippen LogP contribution in [0.5, 0.6) is 5.75 Å². The first-order valence-electron chi connectivity index (χ1n) is 7.20. The molecule has 1 aromatic carbocycles. The summed E-state index contributed by atoms with van der Waals surface area (Å²) in [6, 6.07) is 7.62. The van der Waals surface area contributed by atoms with Crippen LogP contribution < -0.4 is 10.1 Å². The number of amides is 2. The fourth-order valence-electron chi connectivity index (χ4n) is 2.43. The molecule has 0 atom stereocenters. The molecule has 0 bridgehead atoms. The van der Waals surface area contributed by atoms with Gasteiger partial charge in [0.1, 0.15) is 12.4 Å². The van der Waals surface area contributed by atoms with E-state index in [9.17, 15) is 4.79 Å². The number of rotatable bonds is 1. The number of aromatic nitrogens is 2. The second-order valence-corrected chi connectivity index (χ2v) is 5.34. The van der Waals surface area contributed by atoms with E-state index < -0.39 is 0 Å². The van der Waals surface area contributed by atoms with Gasteiger partial charge in [-0.2, -0.15) is 10.2 Å². The Morgan fingerprint density at radius 1 is 1.32 bits per heavy atom. The maximum absolute atomic E-state index is 12.5. The van der Waals surface area contributed by atoms with E-state index in [1.54, 1.807) is 17.2 Å². The van der Waals surface area contributed by atoms with Gasteiger partial charge in [-0.05, 0) is 26.0 Å². The van der Waals surface area contributed by atoms with Gasteiger partial charge in [-0.15, -0.1) is 0 Å². The Balaban J connectivity index is 1.77. The standard InChI is InChI=1S/C16H18N4O2/c1-11-3-4-15-13(9-11)10-20(7-8-22-15)16(21)18-14-5-6-17-19-12(14)2/h3-6,9H,7-8,10H2,1-2H3,(H,17,18,21). The predicted molar refractivity (Wildman–Crippen MR) is 82.9 cm³/mol. The van der Waals surface area contributed by atoms with Crippen LogP contribution in [0.15, 0.2) is 30.5 Å². The van der Waals surface area contributed by atoms with Crippen molar-refractivity contribution >= 4 is 11.7 Å². The topological polar surface area (TPSA) is 67.4 Å². The van der Waals surface area contributed by atoms with E-state index in [1.807, 2.05) is 26.0 Å². The number of anilines is 1. The molecule has 0 unspecified atom stereocenters. The van der Waals surface area contributed by atoms with Gasteiger partial charge in [-0.25, -0.2) is 4.79 Å². The van der Waals surface area contributed by atoms with Crippen molar-refractivity contribution in [3.63, 3.8) is 0 Å². The highest BCUT2D eigenvalue weighted by atomic mass is 16.5. The van der Waals surface area contributed by atoms with Crippen LogP contribution in [-0.4, -0.2) is 34.3 Å². The number of hydrogen-bond donors (Lipinski definition) is 1. The maximum atomic E-state index is 12.5. The van der Waals surface area contributed by atoms with Crippen LogP contribution in [0.2, 0.25) is 0 Å². The number of nitrogens with zero attached hydrogens (tertiary/aromatic N) is 3. The number of nitrogens with one attached hydrogen (secondary N) is 1. The SMILES string of the molecule is Cc1ccc2c(c1)CN(C(=O)Nc1ccnnc1C)CCO2. The van der Waals surface area contributed by atoms with Crippen LogP contribution in [0, 0.1) is 13.8 Å². The number of benzene rings is 1. The monoisotopic (exact) mass is 298 g/mol. The minimum atomic E-state index is -0.158. The first-order valence-corrected chi connectivity index (χ1v) is 7.20. The minimum absolute atomic E-state index is 0.158. The molecule has 0 radical (unpaired) electrons. The van der Waals surface area contributed by atoms with E-state index in [0.717, 1.165) is 16.9 Å². The molecule has 2 aromatic rings. The number of urea groups is 1. The summed E-state index contributed by atoms with van der Waals surface area (Å²) in [6.07, 6.45) is 1.56. The molecule has 1 aromatic heterocycles. The molecule has 6 nitrogen and oxygen atoms in total. The lowest BCUT2D eigenvalue weighted by Gasteiger charge is -2.20. The summed E-state index contributed by atoms with van der Waals surface area (Å²) in [5.41, 5.74) is 3.55. The second-order valence-electron chi connectivity index (χ2n) is 5.34. The van der Waals surface area contributed by atoms with Gasteiger partial charge in [0.2, 0.25) is 0 Å². The summed E-state index contributed by atoms with van der Waals surface area (Å²) in [6.45, 7) is 5.39. The molecule has 3 rings (SSSR count). The molecule has 0 saturated heterocycles. The molecule has 0 aliphatic carbocycles. The van der Waals surface area contributed by atoms with Crippen molar-refractivity contribution in [1.82, 2.24) is 15.1 Å². The lowest BCUT2D eigenvalue weighted by Crippen LogP contribution is -2.36. The van der Waals surface area contributed by atoms with E-state index in [2.05, 4.69) is 21.6 Å². The van der Waals surface area contributed by atoms with E-state index in [1.165, 1.54) is 0 Å². The van der Waals surface area contributed by atoms with Gasteiger partial charge in [-0.1, -0.05) is 17.7 Å². The summed E-state index contributed by atoms with van der Waals surface area (Å²) in [5, 5.41) is 10.6. The van der Waals surface area contributed by atoms with Crippen molar-refractivity contribution < 1.29 is 9.53 Å². The van der Waals surface area contributed by atoms with Gasteiger partial charge < -0.3 is 15.0 Å². The van der Waals surface area contributed by atoms with Crippen molar-refractivity contribution in [2.45, 2.75) is 20.4 Å². The zero-order chi connectivity index (χ0) is 15.5. The van der Waals surface area contributed by atoms with Gasteiger partial charge in [0.05, 0.1) is 30.7 Å². The number of hydrogen-bond acceptors (Lipinski definition) is 4. The molecule has 6 heteroatoms. The lowest BCUT2D eigenvalue weighted by atomic mass is 10.1. The van der Waals surface area contributed by atoms with Crippen molar-refractivity contribution in [2.24, 2.45) is 0 Å². The summed E-state index contributed by atoms with van der Waals surface area (Å²) in [4.78, 5) is 14.2. The van der Waals surface area contributed by atoms with Crippen molar-refractivity contribution in [1.29, 1.82) is 0 Å². The molecule has 1 N–H and O–H groups in total. The first kappa shape index (κ1) is 14.3. The average molecular weight is 298 g/mol. The van der Waals surface area contributed by atoms with E-state index in [0.29, 0.717) is 31.1 Å². The predicted octanol–water partition coefficient (Wildman–Crippen LogP) is 2.52. The third-order valence-electron chi connectivity index (χ3n) is 3.63. The molecular formula is C16H18N4O2. The van der Waals surface area contributed by atoms with Gasteiger partial charge in [0, 0.05) is 5.56 Å². The van der Waals surface area contributed by atoms with Crippen molar-refractivity contribution in [2.75, 3.05) is 18.5 Å². The van der Waals surface area contributed by atoms with Crippen LogP contribution in [0.3, 0.4) is 0 Å². The smallest absolute Gasteiger partial charge is 0.322 e.